The molecule has 0 fully saturated rings. The predicted molar refractivity (Wildman–Crippen MR) is 96.2 cm³/mol. The van der Waals surface area contributed by atoms with Crippen molar-refractivity contribution in [1.29, 1.82) is 0 Å². The van der Waals surface area contributed by atoms with E-state index in [1.165, 1.54) is 4.68 Å². The third-order valence-electron chi connectivity index (χ3n) is 5.37. The molecule has 27 heavy (non-hydrogen) atoms. The number of hydrogen-bond acceptors (Lipinski definition) is 6. The Morgan fingerprint density at radius 1 is 1.00 bits per heavy atom. The van der Waals surface area contributed by atoms with Gasteiger partial charge in [0.2, 0.25) is 5.91 Å². The molecule has 7 heteroatoms. The molecule has 0 N–H and O–H groups in total. The van der Waals surface area contributed by atoms with Gasteiger partial charge in [-0.2, -0.15) is 5.10 Å². The Morgan fingerprint density at radius 2 is 1.70 bits per heavy atom. The number of nitrogens with zero attached hydrogens (tertiary/aromatic N) is 3. The van der Waals surface area contributed by atoms with E-state index >= 15 is 0 Å². The quantitative estimate of drug-likeness (QED) is 0.803. The summed E-state index contributed by atoms with van der Waals surface area (Å²) in [6, 6.07) is 0. The Balaban J connectivity index is 1.63. The molecule has 0 amide bonds. The first-order valence-electron chi connectivity index (χ1n) is 9.78. The van der Waals surface area contributed by atoms with Gasteiger partial charge in [0.1, 0.15) is 5.76 Å². The standard InChI is InChI=1S/C20H23N3O4/c1-2-5-18(26)23-14-6-3-7-15(24)19(14)12(21-23)10-11-13-20-16(25)8-4-9-17(20)27-22-13/h2-11H2,1H3. The molecule has 0 atom stereocenters. The van der Waals surface area contributed by atoms with E-state index in [0.29, 0.717) is 66.8 Å². The SMILES string of the molecule is CCCC(=O)n1nc(CCc2noc3c2C(=O)CCC3)c2c1CCCC2=O. The van der Waals surface area contributed by atoms with Gasteiger partial charge in [-0.05, 0) is 38.5 Å². The summed E-state index contributed by atoms with van der Waals surface area (Å²) in [5, 5.41) is 8.58. The van der Waals surface area contributed by atoms with Crippen LogP contribution in [-0.2, 0) is 25.7 Å². The van der Waals surface area contributed by atoms with E-state index in [1.807, 2.05) is 6.92 Å². The monoisotopic (exact) mass is 369 g/mol. The minimum Gasteiger partial charge on any atom is -0.360 e. The molecule has 2 heterocycles. The van der Waals surface area contributed by atoms with Crippen LogP contribution in [0.25, 0.3) is 0 Å². The highest BCUT2D eigenvalue weighted by molar-refractivity contribution is 6.00. The van der Waals surface area contributed by atoms with Gasteiger partial charge in [-0.1, -0.05) is 12.1 Å². The first-order valence-corrected chi connectivity index (χ1v) is 9.78. The van der Waals surface area contributed by atoms with Gasteiger partial charge >= 0.3 is 0 Å². The molecule has 0 aromatic carbocycles. The summed E-state index contributed by atoms with van der Waals surface area (Å²) in [6.45, 7) is 1.95. The van der Waals surface area contributed by atoms with Crippen molar-refractivity contribution in [3.05, 3.63) is 34.0 Å². The van der Waals surface area contributed by atoms with Crippen molar-refractivity contribution in [3.63, 3.8) is 0 Å². The Bertz CT molecular complexity index is 922. The maximum absolute atomic E-state index is 12.5. The second kappa shape index (κ2) is 7.21. The van der Waals surface area contributed by atoms with E-state index in [1.54, 1.807) is 0 Å². The van der Waals surface area contributed by atoms with Crippen LogP contribution in [0.1, 0.15) is 93.8 Å². The van der Waals surface area contributed by atoms with Crippen molar-refractivity contribution in [3.8, 4) is 0 Å². The molecule has 7 nitrogen and oxygen atoms in total. The number of aryl methyl sites for hydroxylation is 3. The van der Waals surface area contributed by atoms with Crippen LogP contribution in [0.5, 0.6) is 0 Å². The van der Waals surface area contributed by atoms with Gasteiger partial charge in [0.15, 0.2) is 11.6 Å². The fraction of sp³-hybridized carbons (Fsp3) is 0.550. The largest absolute Gasteiger partial charge is 0.360 e. The molecule has 0 saturated heterocycles. The van der Waals surface area contributed by atoms with Crippen LogP contribution in [0.15, 0.2) is 4.52 Å². The summed E-state index contributed by atoms with van der Waals surface area (Å²) in [4.78, 5) is 37.1. The lowest BCUT2D eigenvalue weighted by Gasteiger charge is -2.12. The molecular weight excluding hydrogens is 346 g/mol. The molecule has 0 saturated carbocycles. The molecule has 2 aliphatic rings. The molecule has 2 aliphatic carbocycles. The molecule has 142 valence electrons. The number of Topliss-reactive ketones (excluding diaryl/α,β-unsaturated/α-hetero) is 2. The number of ketones is 2. The number of rotatable bonds is 5. The summed E-state index contributed by atoms with van der Waals surface area (Å²) >= 11 is 0. The number of hydrogen-bond donors (Lipinski definition) is 0. The van der Waals surface area contributed by atoms with Crippen molar-refractivity contribution in [1.82, 2.24) is 14.9 Å². The zero-order valence-electron chi connectivity index (χ0n) is 15.5. The summed E-state index contributed by atoms with van der Waals surface area (Å²) in [5.41, 5.74) is 3.25. The summed E-state index contributed by atoms with van der Waals surface area (Å²) in [7, 11) is 0. The zero-order valence-corrected chi connectivity index (χ0v) is 15.5. The second-order valence-electron chi connectivity index (χ2n) is 7.30. The molecule has 4 rings (SSSR count). The van der Waals surface area contributed by atoms with Crippen molar-refractivity contribution >= 4 is 17.5 Å². The topological polar surface area (TPSA) is 95.1 Å². The highest BCUT2D eigenvalue weighted by Crippen LogP contribution is 2.28. The molecule has 2 aromatic rings. The van der Waals surface area contributed by atoms with Crippen LogP contribution in [0.4, 0.5) is 0 Å². The van der Waals surface area contributed by atoms with E-state index in [2.05, 4.69) is 10.3 Å². The van der Waals surface area contributed by atoms with Crippen molar-refractivity contribution in [2.24, 2.45) is 0 Å². The Hall–Kier alpha value is -2.57. The van der Waals surface area contributed by atoms with Crippen molar-refractivity contribution in [2.75, 3.05) is 0 Å². The Morgan fingerprint density at radius 3 is 2.48 bits per heavy atom. The lowest BCUT2D eigenvalue weighted by molar-refractivity contribution is 0.0880. The minimum absolute atomic E-state index is 0.0556. The molecule has 0 spiro atoms. The Labute approximate surface area is 157 Å². The van der Waals surface area contributed by atoms with Gasteiger partial charge in [-0.3, -0.25) is 14.4 Å². The summed E-state index contributed by atoms with van der Waals surface area (Å²) < 4.78 is 6.78. The predicted octanol–water partition coefficient (Wildman–Crippen LogP) is 3.13. The fourth-order valence-corrected chi connectivity index (χ4v) is 4.09. The fourth-order valence-electron chi connectivity index (χ4n) is 4.09. The van der Waals surface area contributed by atoms with Gasteiger partial charge in [0.05, 0.1) is 28.2 Å². The van der Waals surface area contributed by atoms with Crippen LogP contribution in [0.2, 0.25) is 0 Å². The summed E-state index contributed by atoms with van der Waals surface area (Å²) in [5.74, 6) is 0.737. The van der Waals surface area contributed by atoms with E-state index in [-0.39, 0.29) is 17.5 Å². The lowest BCUT2D eigenvalue weighted by Crippen LogP contribution is -2.19. The maximum Gasteiger partial charge on any atom is 0.247 e. The van der Waals surface area contributed by atoms with Crippen LogP contribution in [0, 0.1) is 0 Å². The van der Waals surface area contributed by atoms with E-state index in [9.17, 15) is 14.4 Å². The number of carbonyl (C=O) groups is 3. The van der Waals surface area contributed by atoms with Crippen molar-refractivity contribution in [2.45, 2.75) is 71.1 Å². The smallest absolute Gasteiger partial charge is 0.247 e. The molecule has 0 bridgehead atoms. The van der Waals surface area contributed by atoms with Crippen LogP contribution in [-0.4, -0.2) is 32.4 Å². The first kappa shape index (κ1) is 17.8. The highest BCUT2D eigenvalue weighted by Gasteiger charge is 2.30. The van der Waals surface area contributed by atoms with Crippen LogP contribution >= 0.6 is 0 Å². The second-order valence-corrected chi connectivity index (χ2v) is 7.30. The maximum atomic E-state index is 12.5. The molecule has 2 aromatic heterocycles. The van der Waals surface area contributed by atoms with Gasteiger partial charge in [-0.15, -0.1) is 0 Å². The van der Waals surface area contributed by atoms with Crippen molar-refractivity contribution < 1.29 is 18.9 Å². The van der Waals surface area contributed by atoms with Crippen LogP contribution in [0.3, 0.4) is 0 Å². The molecular formula is C20H23N3O4. The van der Waals surface area contributed by atoms with Crippen LogP contribution < -0.4 is 0 Å². The normalized spacial score (nSPS) is 16.3. The van der Waals surface area contributed by atoms with Gasteiger partial charge < -0.3 is 4.52 Å². The Kier molecular flexibility index (Phi) is 4.76. The average molecular weight is 369 g/mol. The molecule has 0 radical (unpaired) electrons. The zero-order chi connectivity index (χ0) is 19.0. The van der Waals surface area contributed by atoms with E-state index < -0.39 is 0 Å². The third-order valence-corrected chi connectivity index (χ3v) is 5.37. The van der Waals surface area contributed by atoms with Gasteiger partial charge in [0, 0.05) is 25.7 Å². The lowest BCUT2D eigenvalue weighted by atomic mass is 9.91. The van der Waals surface area contributed by atoms with E-state index in [4.69, 9.17) is 4.52 Å². The minimum atomic E-state index is -0.0660. The third kappa shape index (κ3) is 3.15. The van der Waals surface area contributed by atoms with Gasteiger partial charge in [-0.25, -0.2) is 4.68 Å². The first-order chi connectivity index (χ1) is 13.1. The van der Waals surface area contributed by atoms with E-state index in [0.717, 1.165) is 31.4 Å². The number of carbonyl (C=O) groups excluding carboxylic acids is 3. The van der Waals surface area contributed by atoms with Gasteiger partial charge in [0.25, 0.3) is 0 Å². The molecule has 0 aliphatic heterocycles. The summed E-state index contributed by atoms with van der Waals surface area (Å²) in [6.07, 6.45) is 6.09. The highest BCUT2D eigenvalue weighted by atomic mass is 16.5. The number of fused-ring (bicyclic) bond motifs is 2. The molecule has 0 unspecified atom stereocenters. The number of aromatic nitrogens is 3. The average Bonchev–Trinajstić information content (AvgIpc) is 3.23.